The highest BCUT2D eigenvalue weighted by Gasteiger charge is 2.17. The van der Waals surface area contributed by atoms with Crippen LogP contribution in [0.4, 0.5) is 0 Å². The van der Waals surface area contributed by atoms with Crippen LogP contribution in [0.5, 0.6) is 0 Å². The molecule has 0 saturated heterocycles. The van der Waals surface area contributed by atoms with Gasteiger partial charge in [0.2, 0.25) is 11.3 Å². The highest BCUT2D eigenvalue weighted by molar-refractivity contribution is 5.82. The van der Waals surface area contributed by atoms with E-state index in [1.165, 1.54) is 0 Å². The van der Waals surface area contributed by atoms with E-state index >= 15 is 0 Å². The number of hydrogen-bond acceptors (Lipinski definition) is 6. The maximum absolute atomic E-state index is 11.1. The summed E-state index contributed by atoms with van der Waals surface area (Å²) in [5, 5.41) is 3.52. The van der Waals surface area contributed by atoms with E-state index in [9.17, 15) is 9.59 Å². The van der Waals surface area contributed by atoms with Gasteiger partial charge in [0.1, 0.15) is 0 Å². The lowest BCUT2D eigenvalue weighted by Crippen LogP contribution is -2.20. The minimum Gasteiger partial charge on any atom is -0.408 e. The molecule has 0 aliphatic carbocycles. The van der Waals surface area contributed by atoms with Crippen LogP contribution >= 0.6 is 0 Å². The van der Waals surface area contributed by atoms with Crippen LogP contribution in [-0.2, 0) is 0 Å². The molecule has 0 aliphatic heterocycles. The van der Waals surface area contributed by atoms with Crippen LogP contribution in [-0.4, -0.2) is 5.16 Å². The predicted molar refractivity (Wildman–Crippen MR) is 56.5 cm³/mol. The molecule has 6 heteroatoms. The summed E-state index contributed by atoms with van der Waals surface area (Å²) in [6, 6.07) is 8.93. The maximum Gasteiger partial charge on any atom is 0.424 e. The third-order valence-electron chi connectivity index (χ3n) is 2.21. The van der Waals surface area contributed by atoms with Crippen molar-refractivity contribution in [3.05, 3.63) is 51.2 Å². The Morgan fingerprint density at radius 1 is 0.941 bits per heavy atom. The molecule has 3 rings (SSSR count). The first-order chi connectivity index (χ1) is 8.25. The zero-order chi connectivity index (χ0) is 11.8. The SMILES string of the molecule is O=c1oc2noc(-c3ccccc3)c2oc1=O. The molecule has 0 fully saturated rings. The number of fused-ring (bicyclic) bond motifs is 1. The van der Waals surface area contributed by atoms with Gasteiger partial charge in [-0.1, -0.05) is 30.3 Å². The van der Waals surface area contributed by atoms with E-state index in [0.717, 1.165) is 0 Å². The standard InChI is InChI=1S/C11H5NO5/c13-10-11(14)16-9-8(15-10)7(17-12-9)6-4-2-1-3-5-6/h1-5H. The number of nitrogens with zero attached hydrogens (tertiary/aromatic N) is 1. The van der Waals surface area contributed by atoms with E-state index < -0.39 is 11.3 Å². The summed E-state index contributed by atoms with van der Waals surface area (Å²) < 4.78 is 14.4. The van der Waals surface area contributed by atoms with Crippen molar-refractivity contribution in [3.63, 3.8) is 0 Å². The van der Waals surface area contributed by atoms with Crippen LogP contribution in [0.1, 0.15) is 0 Å². The second-order valence-electron chi connectivity index (χ2n) is 3.29. The van der Waals surface area contributed by atoms with Crippen molar-refractivity contribution in [1.82, 2.24) is 5.16 Å². The molecule has 0 aliphatic rings. The topological polar surface area (TPSA) is 86.4 Å². The molecular weight excluding hydrogens is 226 g/mol. The van der Waals surface area contributed by atoms with Gasteiger partial charge in [0.15, 0.2) is 0 Å². The minimum absolute atomic E-state index is 0.0285. The van der Waals surface area contributed by atoms with Crippen LogP contribution in [0, 0.1) is 0 Å². The number of hydrogen-bond donors (Lipinski definition) is 0. The third kappa shape index (κ3) is 1.46. The highest BCUT2D eigenvalue weighted by Crippen LogP contribution is 2.26. The summed E-state index contributed by atoms with van der Waals surface area (Å²) in [5.41, 5.74) is -1.62. The van der Waals surface area contributed by atoms with Gasteiger partial charge in [-0.25, -0.2) is 9.59 Å². The van der Waals surface area contributed by atoms with Crippen LogP contribution in [0.25, 0.3) is 22.6 Å². The Morgan fingerprint density at radius 2 is 1.65 bits per heavy atom. The van der Waals surface area contributed by atoms with Gasteiger partial charge in [-0.05, 0) is 5.16 Å². The Balaban J connectivity index is 2.36. The van der Waals surface area contributed by atoms with E-state index in [1.807, 2.05) is 6.07 Å². The molecule has 0 saturated carbocycles. The summed E-state index contributed by atoms with van der Waals surface area (Å²) >= 11 is 0. The van der Waals surface area contributed by atoms with Gasteiger partial charge >= 0.3 is 17.0 Å². The quantitative estimate of drug-likeness (QED) is 0.588. The van der Waals surface area contributed by atoms with Gasteiger partial charge in [-0.2, -0.15) is 0 Å². The lowest BCUT2D eigenvalue weighted by atomic mass is 10.2. The summed E-state index contributed by atoms with van der Waals surface area (Å²) in [6.07, 6.45) is 0. The molecule has 0 bridgehead atoms. The van der Waals surface area contributed by atoms with Gasteiger partial charge in [0.05, 0.1) is 0 Å². The van der Waals surface area contributed by atoms with Crippen molar-refractivity contribution in [2.75, 3.05) is 0 Å². The molecule has 17 heavy (non-hydrogen) atoms. The van der Waals surface area contributed by atoms with Crippen molar-refractivity contribution in [3.8, 4) is 11.3 Å². The Labute approximate surface area is 93.1 Å². The number of benzene rings is 1. The molecule has 1 aromatic carbocycles. The van der Waals surface area contributed by atoms with Crippen molar-refractivity contribution >= 4 is 11.3 Å². The predicted octanol–water partition coefficient (Wildman–Crippen LogP) is 1.40. The van der Waals surface area contributed by atoms with Crippen LogP contribution < -0.4 is 11.3 Å². The second-order valence-corrected chi connectivity index (χ2v) is 3.29. The van der Waals surface area contributed by atoms with Gasteiger partial charge in [-0.3, -0.25) is 0 Å². The minimum atomic E-state index is -1.11. The third-order valence-corrected chi connectivity index (χ3v) is 2.21. The molecule has 6 nitrogen and oxygen atoms in total. The van der Waals surface area contributed by atoms with E-state index in [4.69, 9.17) is 8.94 Å². The molecule has 0 amide bonds. The summed E-state index contributed by atoms with van der Waals surface area (Å²) in [4.78, 5) is 22.0. The molecule has 0 spiro atoms. The van der Waals surface area contributed by atoms with E-state index in [0.29, 0.717) is 5.56 Å². The van der Waals surface area contributed by atoms with Crippen molar-refractivity contribution in [1.29, 1.82) is 0 Å². The Bertz CT molecular complexity index is 781. The zero-order valence-corrected chi connectivity index (χ0v) is 8.38. The lowest BCUT2D eigenvalue weighted by Gasteiger charge is -1.92. The van der Waals surface area contributed by atoms with Gasteiger partial charge in [-0.15, -0.1) is 0 Å². The number of aromatic nitrogens is 1. The van der Waals surface area contributed by atoms with Gasteiger partial charge in [0.25, 0.3) is 0 Å². The average molecular weight is 231 g/mol. The molecule has 84 valence electrons. The zero-order valence-electron chi connectivity index (χ0n) is 8.38. The molecule has 2 aromatic heterocycles. The normalized spacial score (nSPS) is 10.8. The largest absolute Gasteiger partial charge is 0.424 e. The Hall–Kier alpha value is -2.63. The monoisotopic (exact) mass is 231 g/mol. The fourth-order valence-corrected chi connectivity index (χ4v) is 1.46. The van der Waals surface area contributed by atoms with Crippen molar-refractivity contribution in [2.45, 2.75) is 0 Å². The first-order valence-electron chi connectivity index (χ1n) is 4.75. The molecule has 0 atom stereocenters. The average Bonchev–Trinajstić information content (AvgIpc) is 2.74. The fraction of sp³-hybridized carbons (Fsp3) is 0. The highest BCUT2D eigenvalue weighted by atomic mass is 16.5. The molecular formula is C11H5NO5. The summed E-state index contributed by atoms with van der Waals surface area (Å²) in [5.74, 6) is 0.251. The molecule has 3 aromatic rings. The van der Waals surface area contributed by atoms with Crippen LogP contribution in [0.2, 0.25) is 0 Å². The molecule has 0 unspecified atom stereocenters. The second kappa shape index (κ2) is 3.44. The maximum atomic E-state index is 11.1. The van der Waals surface area contributed by atoms with Crippen molar-refractivity contribution in [2.24, 2.45) is 0 Å². The van der Waals surface area contributed by atoms with Crippen LogP contribution in [0.15, 0.2) is 53.3 Å². The fourth-order valence-electron chi connectivity index (χ4n) is 1.46. The number of rotatable bonds is 1. The van der Waals surface area contributed by atoms with Crippen LogP contribution in [0.3, 0.4) is 0 Å². The Morgan fingerprint density at radius 3 is 2.41 bits per heavy atom. The van der Waals surface area contributed by atoms with E-state index in [1.54, 1.807) is 24.3 Å². The molecule has 2 heterocycles. The van der Waals surface area contributed by atoms with E-state index in [-0.39, 0.29) is 17.1 Å². The first-order valence-corrected chi connectivity index (χ1v) is 4.75. The van der Waals surface area contributed by atoms with Gasteiger partial charge < -0.3 is 13.4 Å². The summed E-state index contributed by atoms with van der Waals surface area (Å²) in [6.45, 7) is 0. The molecule has 0 radical (unpaired) electrons. The Kier molecular flexibility index (Phi) is 1.94. The van der Waals surface area contributed by atoms with Gasteiger partial charge in [0, 0.05) is 5.56 Å². The molecule has 0 N–H and O–H groups in total. The van der Waals surface area contributed by atoms with E-state index in [2.05, 4.69) is 9.57 Å². The lowest BCUT2D eigenvalue weighted by molar-refractivity contribution is 0.410. The summed E-state index contributed by atoms with van der Waals surface area (Å²) in [7, 11) is 0. The first kappa shape index (κ1) is 9.59. The smallest absolute Gasteiger partial charge is 0.408 e. The van der Waals surface area contributed by atoms with Crippen molar-refractivity contribution < 1.29 is 13.4 Å².